The van der Waals surface area contributed by atoms with E-state index in [-0.39, 0.29) is 54.4 Å². The molecule has 12 heteroatoms. The number of rotatable bonds is 15. The third kappa shape index (κ3) is 10.5. The summed E-state index contributed by atoms with van der Waals surface area (Å²) in [5.74, 6) is -1.97. The summed E-state index contributed by atoms with van der Waals surface area (Å²) < 4.78 is 9.43. The molecule has 1 heterocycles. The number of alkyl carbamates (subject to hydrolysis) is 1. The Morgan fingerprint density at radius 3 is 2.02 bits per heavy atom. The molecule has 4 aromatic rings. The van der Waals surface area contributed by atoms with Gasteiger partial charge in [-0.2, -0.15) is 4.57 Å². The highest BCUT2D eigenvalue weighted by atomic mass is 79.9. The number of para-hydroxylation sites is 1. The van der Waals surface area contributed by atoms with Gasteiger partial charge in [0.25, 0.3) is 0 Å². The van der Waals surface area contributed by atoms with Crippen LogP contribution in [-0.2, 0) is 39.2 Å². The maximum atomic E-state index is 13.3. The first-order valence-electron chi connectivity index (χ1n) is 15.0. The largest absolute Gasteiger partial charge is 1.00 e. The van der Waals surface area contributed by atoms with Crippen LogP contribution in [0.1, 0.15) is 35.4 Å². The number of carbonyl (C=O) groups is 4. The van der Waals surface area contributed by atoms with Crippen molar-refractivity contribution in [3.8, 4) is 5.69 Å². The van der Waals surface area contributed by atoms with Gasteiger partial charge in [0.1, 0.15) is 41.5 Å². The number of ether oxygens (including phenoxy) is 1. The van der Waals surface area contributed by atoms with Crippen molar-refractivity contribution in [3.63, 3.8) is 0 Å². The quantitative estimate of drug-likeness (QED) is 0.125. The van der Waals surface area contributed by atoms with Gasteiger partial charge in [-0.3, -0.25) is 9.59 Å². The smallest absolute Gasteiger partial charge is 0.408 e. The van der Waals surface area contributed by atoms with Crippen molar-refractivity contribution in [3.05, 3.63) is 114 Å². The van der Waals surface area contributed by atoms with Gasteiger partial charge < -0.3 is 37.5 Å². The zero-order valence-electron chi connectivity index (χ0n) is 26.5. The second-order valence-electron chi connectivity index (χ2n) is 10.9. The fourth-order valence-electron chi connectivity index (χ4n) is 4.90. The number of nitrogens with one attached hydrogen (secondary N) is 2. The van der Waals surface area contributed by atoms with Gasteiger partial charge >= 0.3 is 17.2 Å². The number of amides is 2. The molecule has 248 valence electrons. The topological polar surface area (TPSA) is 131 Å². The summed E-state index contributed by atoms with van der Waals surface area (Å²) in [7, 11) is 1.95. The number of thioether (sulfide) groups is 1. The van der Waals surface area contributed by atoms with E-state index in [4.69, 9.17) is 4.74 Å². The fourth-order valence-corrected chi connectivity index (χ4v) is 6.04. The van der Waals surface area contributed by atoms with E-state index in [1.807, 2.05) is 92.2 Å². The molecule has 0 aliphatic rings. The normalized spacial score (nSPS) is 11.9. The van der Waals surface area contributed by atoms with Crippen molar-refractivity contribution < 1.29 is 50.6 Å². The minimum atomic E-state index is -1.32. The number of carbonyl (C=O) groups excluding carboxylic acids is 3. The number of aliphatic carboxylic acids is 1. The van der Waals surface area contributed by atoms with Gasteiger partial charge in [-0.05, 0) is 41.4 Å². The predicted octanol–water partition coefficient (Wildman–Crippen LogP) is 1.47. The monoisotopic (exact) mass is 722 g/mol. The Balaban J connectivity index is 0.00000600. The highest BCUT2D eigenvalue weighted by Crippen LogP contribution is 2.24. The van der Waals surface area contributed by atoms with Crippen molar-refractivity contribution in [2.75, 3.05) is 5.75 Å². The molecule has 0 saturated heterocycles. The number of benzene rings is 3. The zero-order chi connectivity index (χ0) is 33.1. The first-order valence-corrected chi connectivity index (χ1v) is 15.9. The standard InChI is InChI=1S/C35H38N4O6S.BrH/c1-24-25(2)39(28-17-11-6-12-18-28)35(38(24)3)46-23-29(40)19-20-30(33(42)43)36-32(41)31(21-26-13-7-4-8-14-26)37-34(44)45-22-27-15-9-5-10-16-27;/h4-18,30-31H,19-23H2,1-3H3,(H2-,36,37,41,42,43,44);1H/t30-,31-;/m0./s1. The number of nitrogens with zero attached hydrogens (tertiary/aromatic N) is 2. The number of hydrogen-bond donors (Lipinski definition) is 3. The van der Waals surface area contributed by atoms with E-state index in [0.717, 1.165) is 33.4 Å². The lowest BCUT2D eigenvalue weighted by Crippen LogP contribution is -3.00. The molecule has 10 nitrogen and oxygen atoms in total. The lowest BCUT2D eigenvalue weighted by molar-refractivity contribution is -0.714. The van der Waals surface area contributed by atoms with Gasteiger partial charge in [-0.15, -0.1) is 0 Å². The van der Waals surface area contributed by atoms with Gasteiger partial charge in [0, 0.05) is 26.7 Å². The summed E-state index contributed by atoms with van der Waals surface area (Å²) in [5.41, 5.74) is 4.65. The van der Waals surface area contributed by atoms with Crippen LogP contribution >= 0.6 is 11.8 Å². The van der Waals surface area contributed by atoms with Gasteiger partial charge in [0.2, 0.25) is 5.91 Å². The van der Waals surface area contributed by atoms with Gasteiger partial charge in [-0.25, -0.2) is 14.2 Å². The summed E-state index contributed by atoms with van der Waals surface area (Å²) in [6, 6.07) is 25.6. The molecule has 0 fully saturated rings. The molecule has 4 rings (SSSR count). The molecule has 0 aliphatic heterocycles. The maximum Gasteiger partial charge on any atom is 0.408 e. The second kappa shape index (κ2) is 18.1. The van der Waals surface area contributed by atoms with Crippen LogP contribution in [0, 0.1) is 13.8 Å². The Bertz CT molecular complexity index is 1650. The zero-order valence-corrected chi connectivity index (χ0v) is 28.9. The molecule has 0 unspecified atom stereocenters. The highest BCUT2D eigenvalue weighted by Gasteiger charge is 2.29. The van der Waals surface area contributed by atoms with E-state index in [9.17, 15) is 24.3 Å². The third-order valence-electron chi connectivity index (χ3n) is 7.65. The minimum Gasteiger partial charge on any atom is -1.00 e. The molecule has 47 heavy (non-hydrogen) atoms. The Morgan fingerprint density at radius 1 is 0.851 bits per heavy atom. The van der Waals surface area contributed by atoms with E-state index in [0.29, 0.717) is 0 Å². The molecule has 0 saturated carbocycles. The van der Waals surface area contributed by atoms with Crippen LogP contribution in [0.15, 0.2) is 96.2 Å². The lowest BCUT2D eigenvalue weighted by Gasteiger charge is -2.21. The summed E-state index contributed by atoms with van der Waals surface area (Å²) >= 11 is 1.38. The number of aromatic nitrogens is 2. The van der Waals surface area contributed by atoms with E-state index >= 15 is 0 Å². The number of Topliss-reactive ketones (excluding diaryl/α,β-unsaturated/α-hetero) is 1. The number of carboxylic acid groups (broad SMARTS) is 1. The molecule has 1 aromatic heterocycles. The summed E-state index contributed by atoms with van der Waals surface area (Å²) in [5, 5.41) is 15.9. The number of carboxylic acids is 1. The van der Waals surface area contributed by atoms with Crippen molar-refractivity contribution in [2.24, 2.45) is 7.05 Å². The van der Waals surface area contributed by atoms with E-state index < -0.39 is 30.1 Å². The number of imidazole rings is 1. The van der Waals surface area contributed by atoms with Gasteiger partial charge in [-0.1, -0.05) is 78.9 Å². The highest BCUT2D eigenvalue weighted by molar-refractivity contribution is 7.99. The fraction of sp³-hybridized carbons (Fsp3) is 0.286. The summed E-state index contributed by atoms with van der Waals surface area (Å²) in [6.07, 6.45) is -0.835. The van der Waals surface area contributed by atoms with Crippen molar-refractivity contribution >= 4 is 35.5 Å². The minimum absolute atomic E-state index is 0. The van der Waals surface area contributed by atoms with Crippen LogP contribution in [0.3, 0.4) is 0 Å². The Morgan fingerprint density at radius 2 is 1.43 bits per heavy atom. The molecule has 0 aliphatic carbocycles. The van der Waals surface area contributed by atoms with Crippen LogP contribution in [-0.4, -0.2) is 51.3 Å². The number of ketones is 1. The van der Waals surface area contributed by atoms with E-state index in [2.05, 4.69) is 15.2 Å². The molecule has 0 radical (unpaired) electrons. The predicted molar refractivity (Wildman–Crippen MR) is 175 cm³/mol. The molecule has 0 bridgehead atoms. The number of halogens is 1. The van der Waals surface area contributed by atoms with Crippen LogP contribution in [0.2, 0.25) is 0 Å². The van der Waals surface area contributed by atoms with Crippen molar-refractivity contribution in [1.29, 1.82) is 0 Å². The van der Waals surface area contributed by atoms with Gasteiger partial charge in [0.15, 0.2) is 0 Å². The summed E-state index contributed by atoms with van der Waals surface area (Å²) in [4.78, 5) is 51.1. The average Bonchev–Trinajstić information content (AvgIpc) is 3.28. The molecular formula is C35H39BrN4O6S. The molecule has 3 aromatic carbocycles. The van der Waals surface area contributed by atoms with Crippen LogP contribution < -0.4 is 32.2 Å². The molecule has 2 atom stereocenters. The molecule has 2 amide bonds. The SMILES string of the molecule is Cc1c(C)[n+](C)c(SCC(=O)CC[C@H](NC(=O)[C@H](Cc2ccccc2)NC(=O)OCc2ccccc2)C(=O)O)n1-c1ccccc1.[Br-]. The van der Waals surface area contributed by atoms with Gasteiger partial charge in [0.05, 0.1) is 12.8 Å². The van der Waals surface area contributed by atoms with E-state index in [1.165, 1.54) is 11.8 Å². The van der Waals surface area contributed by atoms with Crippen LogP contribution in [0.25, 0.3) is 5.69 Å². The lowest BCUT2D eigenvalue weighted by atomic mass is 10.0. The average molecular weight is 724 g/mol. The Hall–Kier alpha value is -4.42. The molecular weight excluding hydrogens is 684 g/mol. The molecule has 3 N–H and O–H groups in total. The van der Waals surface area contributed by atoms with Crippen LogP contribution in [0.4, 0.5) is 4.79 Å². The number of hydrogen-bond acceptors (Lipinski definition) is 6. The van der Waals surface area contributed by atoms with Crippen LogP contribution in [0.5, 0.6) is 0 Å². The Labute approximate surface area is 289 Å². The second-order valence-corrected chi connectivity index (χ2v) is 11.8. The van der Waals surface area contributed by atoms with Crippen molar-refractivity contribution in [2.45, 2.75) is 57.0 Å². The molecule has 0 spiro atoms. The summed E-state index contributed by atoms with van der Waals surface area (Å²) in [6.45, 7) is 4.05. The van der Waals surface area contributed by atoms with Crippen molar-refractivity contribution in [1.82, 2.24) is 15.2 Å². The third-order valence-corrected chi connectivity index (χ3v) is 8.83. The maximum absolute atomic E-state index is 13.3. The first-order chi connectivity index (χ1) is 22.1. The first kappa shape index (κ1) is 37.0. The Kier molecular flexibility index (Phi) is 14.2. The van der Waals surface area contributed by atoms with E-state index in [1.54, 1.807) is 24.3 Å².